The number of nitriles is 1. The monoisotopic (exact) mass is 530 g/mol. The minimum Gasteiger partial charge on any atom is -0.308 e. The van der Waals surface area contributed by atoms with Gasteiger partial charge in [0, 0.05) is 17.0 Å². The zero-order valence-electron chi connectivity index (χ0n) is 21.4. The van der Waals surface area contributed by atoms with Crippen LogP contribution in [0, 0.1) is 11.3 Å². The van der Waals surface area contributed by atoms with E-state index in [9.17, 15) is 5.26 Å². The topological polar surface area (TPSA) is 40.9 Å². The molecule has 0 bridgehead atoms. The summed E-state index contributed by atoms with van der Waals surface area (Å²) >= 11 is 0. The lowest BCUT2D eigenvalue weighted by Crippen LogP contribution is -2.50. The lowest BCUT2D eigenvalue weighted by molar-refractivity contribution is 0.578. The zero-order valence-corrected chi connectivity index (χ0v) is 23.2. The fourth-order valence-electron chi connectivity index (χ4n) is 5.79. The Morgan fingerprint density at radius 1 is 0.579 bits per heavy atom. The molecule has 0 aliphatic rings. The summed E-state index contributed by atoms with van der Waals surface area (Å²) in [5.41, 5.74) is 0. The SMILES string of the molecule is CCC(C#N)(P(=O)(c1ccccc1)c1ccccc1)[P+](c1ccccc1)(c1ccccc1)c1ccccc1. The fraction of sp³-hybridized carbons (Fsp3) is 0.0882. The van der Waals surface area contributed by atoms with Crippen LogP contribution in [0.25, 0.3) is 0 Å². The average molecular weight is 531 g/mol. The number of hydrogen-bond acceptors (Lipinski definition) is 2. The molecule has 0 saturated heterocycles. The normalized spacial score (nSPS) is 13.3. The van der Waals surface area contributed by atoms with Gasteiger partial charge in [-0.15, -0.1) is 0 Å². The summed E-state index contributed by atoms with van der Waals surface area (Å²) in [7, 11) is -6.47. The van der Waals surface area contributed by atoms with Gasteiger partial charge >= 0.3 is 0 Å². The second kappa shape index (κ2) is 10.9. The minimum atomic E-state index is -3.59. The van der Waals surface area contributed by atoms with Crippen LogP contribution in [-0.2, 0) is 4.57 Å². The van der Waals surface area contributed by atoms with Crippen molar-refractivity contribution < 1.29 is 4.57 Å². The second-order valence-corrected chi connectivity index (χ2v) is 16.3. The quantitative estimate of drug-likeness (QED) is 0.212. The molecule has 0 radical (unpaired) electrons. The van der Waals surface area contributed by atoms with E-state index in [4.69, 9.17) is 0 Å². The molecular weight excluding hydrogens is 500 g/mol. The molecule has 0 aromatic heterocycles. The highest BCUT2D eigenvalue weighted by atomic mass is 31.2. The van der Waals surface area contributed by atoms with Gasteiger partial charge in [0.2, 0.25) is 4.90 Å². The van der Waals surface area contributed by atoms with Gasteiger partial charge in [-0.2, -0.15) is 5.26 Å². The fourth-order valence-corrected chi connectivity index (χ4v) is 16.8. The van der Waals surface area contributed by atoms with Gasteiger partial charge in [-0.3, -0.25) is 0 Å². The van der Waals surface area contributed by atoms with E-state index in [1.807, 2.05) is 122 Å². The Hall–Kier alpha value is -3.75. The van der Waals surface area contributed by atoms with Crippen LogP contribution in [0.15, 0.2) is 152 Å². The summed E-state index contributed by atoms with van der Waals surface area (Å²) in [4.78, 5) is -1.26. The first kappa shape index (κ1) is 25.9. The second-order valence-electron chi connectivity index (χ2n) is 9.24. The van der Waals surface area contributed by atoms with Crippen molar-refractivity contribution in [2.45, 2.75) is 18.2 Å². The molecule has 0 saturated carbocycles. The van der Waals surface area contributed by atoms with E-state index in [1.165, 1.54) is 0 Å². The van der Waals surface area contributed by atoms with Gasteiger partial charge < -0.3 is 4.57 Å². The number of rotatable bonds is 8. The van der Waals surface area contributed by atoms with Crippen molar-refractivity contribution in [2.24, 2.45) is 0 Å². The van der Waals surface area contributed by atoms with Crippen LogP contribution in [0.2, 0.25) is 0 Å². The standard InChI is InChI=1S/C34H30NOP2/c1-2-34(28-35,38(36,32-24-14-6-15-25-32)33-26-16-7-17-27-33)37(29-18-8-3-9-19-29,30-20-10-4-11-21-30)31-22-12-5-13-23-31/h3-27H,2H2,1H3/q+1. The van der Waals surface area contributed by atoms with Gasteiger partial charge in [-0.05, 0) is 36.4 Å². The van der Waals surface area contributed by atoms with Gasteiger partial charge in [0.25, 0.3) is 0 Å². The summed E-state index contributed by atoms with van der Waals surface area (Å²) in [5.74, 6) is 0. The zero-order chi connectivity index (χ0) is 26.5. The van der Waals surface area contributed by atoms with Crippen LogP contribution in [0.4, 0.5) is 0 Å². The molecule has 2 nitrogen and oxygen atoms in total. The maximum Gasteiger partial charge on any atom is 0.236 e. The molecule has 5 aromatic carbocycles. The number of nitrogens with zero attached hydrogens (tertiary/aromatic N) is 1. The molecule has 0 amide bonds. The summed E-state index contributed by atoms with van der Waals surface area (Å²) < 4.78 is 16.3. The molecule has 0 spiro atoms. The first-order valence-corrected chi connectivity index (χ1v) is 16.3. The number of hydrogen-bond donors (Lipinski definition) is 0. The Labute approximate surface area is 226 Å². The van der Waals surface area contributed by atoms with Crippen molar-refractivity contribution in [1.82, 2.24) is 0 Å². The predicted octanol–water partition coefficient (Wildman–Crippen LogP) is 6.62. The van der Waals surface area contributed by atoms with E-state index in [-0.39, 0.29) is 0 Å². The highest BCUT2D eigenvalue weighted by Gasteiger charge is 2.71. The Morgan fingerprint density at radius 2 is 0.868 bits per heavy atom. The summed E-state index contributed by atoms with van der Waals surface area (Å²) in [6.45, 7) is 2.03. The minimum absolute atomic E-state index is 0.414. The van der Waals surface area contributed by atoms with E-state index in [2.05, 4.69) is 42.5 Å². The maximum absolute atomic E-state index is 16.3. The predicted molar refractivity (Wildman–Crippen MR) is 164 cm³/mol. The van der Waals surface area contributed by atoms with Crippen LogP contribution in [0.5, 0.6) is 0 Å². The molecule has 0 heterocycles. The van der Waals surface area contributed by atoms with Crippen LogP contribution in [-0.4, -0.2) is 4.90 Å². The number of benzene rings is 5. The molecule has 1 unspecified atom stereocenters. The van der Waals surface area contributed by atoms with Crippen molar-refractivity contribution in [2.75, 3.05) is 0 Å². The van der Waals surface area contributed by atoms with Crippen LogP contribution in [0.3, 0.4) is 0 Å². The Bertz CT molecular complexity index is 1430. The van der Waals surface area contributed by atoms with Gasteiger partial charge in [0.15, 0.2) is 7.14 Å². The molecule has 5 aromatic rings. The summed E-state index contributed by atoms with van der Waals surface area (Å²) in [6, 6.07) is 53.1. The van der Waals surface area contributed by atoms with Gasteiger partial charge in [0.1, 0.15) is 29.2 Å². The Kier molecular flexibility index (Phi) is 7.44. The molecule has 0 aliphatic heterocycles. The highest BCUT2D eigenvalue weighted by molar-refractivity contribution is 8.06. The lowest BCUT2D eigenvalue weighted by atomic mass is 10.3. The highest BCUT2D eigenvalue weighted by Crippen LogP contribution is 2.80. The van der Waals surface area contributed by atoms with Gasteiger partial charge in [0.05, 0.1) is 0 Å². The largest absolute Gasteiger partial charge is 0.308 e. The van der Waals surface area contributed by atoms with Crippen LogP contribution >= 0.6 is 14.4 Å². The van der Waals surface area contributed by atoms with E-state index < -0.39 is 19.3 Å². The molecule has 186 valence electrons. The molecule has 0 N–H and O–H groups in total. The molecular formula is C34H30NOP2+. The van der Waals surface area contributed by atoms with E-state index in [0.29, 0.717) is 17.0 Å². The third-order valence-corrected chi connectivity index (χ3v) is 17.4. The smallest absolute Gasteiger partial charge is 0.236 e. The van der Waals surface area contributed by atoms with E-state index >= 15 is 4.57 Å². The molecule has 38 heavy (non-hydrogen) atoms. The third-order valence-electron chi connectivity index (χ3n) is 7.42. The first-order valence-electron chi connectivity index (χ1n) is 12.8. The first-order chi connectivity index (χ1) is 18.6. The van der Waals surface area contributed by atoms with Crippen molar-refractivity contribution in [3.05, 3.63) is 152 Å². The lowest BCUT2D eigenvalue weighted by Gasteiger charge is -2.44. The summed E-state index contributed by atoms with van der Waals surface area (Å²) in [5, 5.41) is 16.1. The molecule has 4 heteroatoms. The molecule has 1 atom stereocenters. The van der Waals surface area contributed by atoms with Crippen molar-refractivity contribution in [3.8, 4) is 6.07 Å². The molecule has 5 rings (SSSR count). The van der Waals surface area contributed by atoms with Gasteiger partial charge in [-0.25, -0.2) is 0 Å². The molecule has 0 aliphatic carbocycles. The Morgan fingerprint density at radius 3 is 1.13 bits per heavy atom. The van der Waals surface area contributed by atoms with Gasteiger partial charge in [-0.1, -0.05) is 122 Å². The van der Waals surface area contributed by atoms with E-state index in [1.54, 1.807) is 0 Å². The van der Waals surface area contributed by atoms with Crippen LogP contribution in [0.1, 0.15) is 13.3 Å². The van der Waals surface area contributed by atoms with E-state index in [0.717, 1.165) is 15.9 Å². The average Bonchev–Trinajstić information content (AvgIpc) is 3.02. The summed E-state index contributed by atoms with van der Waals surface area (Å²) in [6.07, 6.45) is 0.414. The van der Waals surface area contributed by atoms with Crippen molar-refractivity contribution in [3.63, 3.8) is 0 Å². The maximum atomic E-state index is 16.3. The van der Waals surface area contributed by atoms with Crippen molar-refractivity contribution >= 4 is 40.9 Å². The molecule has 0 fully saturated rings. The van der Waals surface area contributed by atoms with Crippen molar-refractivity contribution in [1.29, 1.82) is 5.26 Å². The Balaban J connectivity index is 2.05. The van der Waals surface area contributed by atoms with Crippen LogP contribution < -0.4 is 26.5 Å². The third kappa shape index (κ3) is 3.87.